The van der Waals surface area contributed by atoms with Crippen LogP contribution in [0.2, 0.25) is 10.0 Å². The molecule has 2 nitrogen and oxygen atoms in total. The molecule has 88 valence electrons. The molecule has 0 amide bonds. The largest absolute Gasteiger partial charge is 0.461 e. The lowest BCUT2D eigenvalue weighted by molar-refractivity contribution is 0.522. The molecule has 0 spiro atoms. The highest BCUT2D eigenvalue weighted by Gasteiger charge is 2.37. The maximum atomic E-state index is 5.97. The van der Waals surface area contributed by atoms with Gasteiger partial charge in [0.05, 0.1) is 10.0 Å². The number of furan rings is 1. The predicted molar refractivity (Wildman–Crippen MR) is 69.5 cm³/mol. The molecule has 0 unspecified atom stereocenters. The lowest BCUT2D eigenvalue weighted by Gasteiger charge is -2.00. The SMILES string of the molecule is N[C@H]1C[C@@H]1c1ccc(-c2ccc(Cl)c(Cl)c2)o1. The topological polar surface area (TPSA) is 39.2 Å². The molecular formula is C13H11Cl2NO. The molecule has 2 N–H and O–H groups in total. The van der Waals surface area contributed by atoms with E-state index in [1.807, 2.05) is 18.2 Å². The van der Waals surface area contributed by atoms with Crippen molar-refractivity contribution in [3.8, 4) is 11.3 Å². The molecule has 1 aliphatic carbocycles. The van der Waals surface area contributed by atoms with Gasteiger partial charge in [0.15, 0.2) is 0 Å². The number of nitrogens with two attached hydrogens (primary N) is 1. The van der Waals surface area contributed by atoms with Crippen LogP contribution in [0.3, 0.4) is 0 Å². The molecule has 0 bridgehead atoms. The van der Waals surface area contributed by atoms with Crippen LogP contribution in [0.4, 0.5) is 0 Å². The molecule has 1 aromatic carbocycles. The van der Waals surface area contributed by atoms with E-state index in [4.69, 9.17) is 33.4 Å². The van der Waals surface area contributed by atoms with E-state index in [1.165, 1.54) is 0 Å². The third-order valence-corrected chi connectivity index (χ3v) is 3.78. The smallest absolute Gasteiger partial charge is 0.134 e. The summed E-state index contributed by atoms with van der Waals surface area (Å²) in [4.78, 5) is 0. The molecule has 3 rings (SSSR count). The van der Waals surface area contributed by atoms with Crippen molar-refractivity contribution in [2.45, 2.75) is 18.4 Å². The van der Waals surface area contributed by atoms with Gasteiger partial charge in [-0.3, -0.25) is 0 Å². The molecule has 2 aromatic rings. The molecular weight excluding hydrogens is 257 g/mol. The van der Waals surface area contributed by atoms with Crippen LogP contribution in [-0.2, 0) is 0 Å². The van der Waals surface area contributed by atoms with Crippen molar-refractivity contribution in [3.63, 3.8) is 0 Å². The molecule has 0 aliphatic heterocycles. The third kappa shape index (κ3) is 2.08. The van der Waals surface area contributed by atoms with Crippen LogP contribution < -0.4 is 5.73 Å². The first kappa shape index (κ1) is 11.1. The van der Waals surface area contributed by atoms with Gasteiger partial charge in [-0.15, -0.1) is 0 Å². The Morgan fingerprint density at radius 2 is 1.88 bits per heavy atom. The predicted octanol–water partition coefficient (Wildman–Crippen LogP) is 4.07. The van der Waals surface area contributed by atoms with Gasteiger partial charge in [-0.05, 0) is 36.8 Å². The lowest BCUT2D eigenvalue weighted by atomic mass is 10.2. The van der Waals surface area contributed by atoms with Crippen LogP contribution in [-0.4, -0.2) is 6.04 Å². The highest BCUT2D eigenvalue weighted by Crippen LogP contribution is 2.41. The maximum Gasteiger partial charge on any atom is 0.134 e. The van der Waals surface area contributed by atoms with E-state index in [-0.39, 0.29) is 6.04 Å². The van der Waals surface area contributed by atoms with E-state index >= 15 is 0 Å². The Labute approximate surface area is 109 Å². The fourth-order valence-corrected chi connectivity index (χ4v) is 2.20. The Kier molecular flexibility index (Phi) is 2.66. The van der Waals surface area contributed by atoms with Crippen LogP contribution in [0.5, 0.6) is 0 Å². The van der Waals surface area contributed by atoms with E-state index in [2.05, 4.69) is 0 Å². The average Bonchev–Trinajstić information content (AvgIpc) is 2.86. The number of rotatable bonds is 2. The average molecular weight is 268 g/mol. The van der Waals surface area contributed by atoms with Gasteiger partial charge in [-0.1, -0.05) is 23.2 Å². The number of hydrogen-bond donors (Lipinski definition) is 1. The van der Waals surface area contributed by atoms with Crippen molar-refractivity contribution in [2.75, 3.05) is 0 Å². The molecule has 1 aliphatic rings. The number of benzene rings is 1. The first-order chi connectivity index (χ1) is 8.15. The van der Waals surface area contributed by atoms with Gasteiger partial charge < -0.3 is 10.2 Å². The minimum Gasteiger partial charge on any atom is -0.461 e. The van der Waals surface area contributed by atoms with Crippen LogP contribution in [0.25, 0.3) is 11.3 Å². The van der Waals surface area contributed by atoms with Gasteiger partial charge in [0.2, 0.25) is 0 Å². The number of hydrogen-bond acceptors (Lipinski definition) is 2. The summed E-state index contributed by atoms with van der Waals surface area (Å²) < 4.78 is 5.78. The second-order valence-corrected chi connectivity index (χ2v) is 5.15. The van der Waals surface area contributed by atoms with Gasteiger partial charge >= 0.3 is 0 Å². The molecule has 2 atom stereocenters. The summed E-state index contributed by atoms with van der Waals surface area (Å²) in [6.45, 7) is 0. The van der Waals surface area contributed by atoms with E-state index in [0.717, 1.165) is 23.5 Å². The van der Waals surface area contributed by atoms with Gasteiger partial charge in [-0.2, -0.15) is 0 Å². The van der Waals surface area contributed by atoms with Crippen molar-refractivity contribution < 1.29 is 4.42 Å². The minimum atomic E-state index is 0.253. The summed E-state index contributed by atoms with van der Waals surface area (Å²) in [5.74, 6) is 2.14. The summed E-state index contributed by atoms with van der Waals surface area (Å²) in [5, 5.41) is 1.08. The Morgan fingerprint density at radius 3 is 2.53 bits per heavy atom. The number of halogens is 2. The van der Waals surface area contributed by atoms with E-state index in [9.17, 15) is 0 Å². The second kappa shape index (κ2) is 4.05. The van der Waals surface area contributed by atoms with Crippen LogP contribution in [0.1, 0.15) is 18.1 Å². The monoisotopic (exact) mass is 267 g/mol. The van der Waals surface area contributed by atoms with Crippen molar-refractivity contribution in [1.82, 2.24) is 0 Å². The van der Waals surface area contributed by atoms with Gasteiger partial charge in [-0.25, -0.2) is 0 Å². The normalized spacial score (nSPS) is 22.8. The molecule has 1 heterocycles. The summed E-state index contributed by atoms with van der Waals surface area (Å²) in [7, 11) is 0. The summed E-state index contributed by atoms with van der Waals surface area (Å²) in [6.07, 6.45) is 1.01. The summed E-state index contributed by atoms with van der Waals surface area (Å²) in [6, 6.07) is 9.64. The van der Waals surface area contributed by atoms with E-state index in [0.29, 0.717) is 16.0 Å². The van der Waals surface area contributed by atoms with Crippen LogP contribution in [0, 0.1) is 0 Å². The maximum absolute atomic E-state index is 5.97. The summed E-state index contributed by atoms with van der Waals surface area (Å²) in [5.41, 5.74) is 6.72. The molecule has 1 aromatic heterocycles. The van der Waals surface area contributed by atoms with Crippen molar-refractivity contribution >= 4 is 23.2 Å². The lowest BCUT2D eigenvalue weighted by Crippen LogP contribution is -2.00. The van der Waals surface area contributed by atoms with Crippen LogP contribution >= 0.6 is 23.2 Å². The molecule has 1 fully saturated rings. The first-order valence-corrected chi connectivity index (χ1v) is 6.21. The Balaban J connectivity index is 1.92. The van der Waals surface area contributed by atoms with Gasteiger partial charge in [0, 0.05) is 17.5 Å². The van der Waals surface area contributed by atoms with Crippen molar-refractivity contribution in [1.29, 1.82) is 0 Å². The molecule has 1 saturated carbocycles. The Bertz CT molecular complexity index is 564. The van der Waals surface area contributed by atoms with Crippen LogP contribution in [0.15, 0.2) is 34.7 Å². The minimum absolute atomic E-state index is 0.253. The zero-order valence-electron chi connectivity index (χ0n) is 8.99. The summed E-state index contributed by atoms with van der Waals surface area (Å²) >= 11 is 11.8. The Morgan fingerprint density at radius 1 is 1.12 bits per heavy atom. The highest BCUT2D eigenvalue weighted by molar-refractivity contribution is 6.42. The van der Waals surface area contributed by atoms with Gasteiger partial charge in [0.1, 0.15) is 11.5 Å². The highest BCUT2D eigenvalue weighted by atomic mass is 35.5. The first-order valence-electron chi connectivity index (χ1n) is 5.46. The quantitative estimate of drug-likeness (QED) is 0.891. The standard InChI is InChI=1S/C13H11Cl2NO/c14-9-2-1-7(5-10(9)15)12-3-4-13(17-12)8-6-11(8)16/h1-5,8,11H,6,16H2/t8-,11-/m0/s1. The zero-order chi connectivity index (χ0) is 12.0. The zero-order valence-corrected chi connectivity index (χ0v) is 10.5. The van der Waals surface area contributed by atoms with Crippen molar-refractivity contribution in [2.24, 2.45) is 5.73 Å². The third-order valence-electron chi connectivity index (χ3n) is 3.04. The van der Waals surface area contributed by atoms with E-state index < -0.39 is 0 Å². The molecule has 4 heteroatoms. The van der Waals surface area contributed by atoms with E-state index in [1.54, 1.807) is 12.1 Å². The second-order valence-electron chi connectivity index (χ2n) is 4.34. The Hall–Kier alpha value is -0.960. The molecule has 0 saturated heterocycles. The van der Waals surface area contributed by atoms with Gasteiger partial charge in [0.25, 0.3) is 0 Å². The molecule has 0 radical (unpaired) electrons. The fraction of sp³-hybridized carbons (Fsp3) is 0.231. The molecule has 17 heavy (non-hydrogen) atoms. The van der Waals surface area contributed by atoms with Crippen molar-refractivity contribution in [3.05, 3.63) is 46.1 Å². The fourth-order valence-electron chi connectivity index (χ4n) is 1.90.